The van der Waals surface area contributed by atoms with E-state index in [0.29, 0.717) is 5.41 Å². The first kappa shape index (κ1) is 10.1. The van der Waals surface area contributed by atoms with Gasteiger partial charge >= 0.3 is 0 Å². The number of hydrogen-bond donors (Lipinski definition) is 1. The minimum absolute atomic E-state index is 0.0124. The minimum Gasteiger partial charge on any atom is -0.380 e. The molecule has 0 amide bonds. The van der Waals surface area contributed by atoms with Gasteiger partial charge in [0, 0.05) is 6.54 Å². The lowest BCUT2D eigenvalue weighted by Crippen LogP contribution is -2.65. The topological polar surface area (TPSA) is 30.5 Å². The van der Waals surface area contributed by atoms with Crippen molar-refractivity contribution < 1.29 is 9.47 Å². The van der Waals surface area contributed by atoms with E-state index in [1.54, 1.807) is 0 Å². The molecule has 1 N–H and O–H groups in total. The van der Waals surface area contributed by atoms with E-state index in [0.717, 1.165) is 32.3 Å². The molecule has 0 aromatic carbocycles. The summed E-state index contributed by atoms with van der Waals surface area (Å²) in [5, 5.41) is 3.66. The van der Waals surface area contributed by atoms with Crippen LogP contribution in [0.25, 0.3) is 0 Å². The van der Waals surface area contributed by atoms with Gasteiger partial charge in [0.2, 0.25) is 0 Å². The molecule has 15 heavy (non-hydrogen) atoms. The van der Waals surface area contributed by atoms with E-state index in [2.05, 4.69) is 12.2 Å². The van der Waals surface area contributed by atoms with Crippen LogP contribution in [0.5, 0.6) is 0 Å². The van der Waals surface area contributed by atoms with Gasteiger partial charge in [-0.05, 0) is 25.2 Å². The molecule has 0 bridgehead atoms. The third-order valence-electron chi connectivity index (χ3n) is 4.21. The molecule has 3 rings (SSSR count). The quantitative estimate of drug-likeness (QED) is 0.659. The molecule has 0 aromatic rings. The molecule has 0 radical (unpaired) electrons. The zero-order chi connectivity index (χ0) is 10.4. The molecule has 2 spiro atoms. The molecule has 1 saturated carbocycles. The summed E-state index contributed by atoms with van der Waals surface area (Å²) in [7, 11) is 0. The Bertz CT molecular complexity index is 240. The van der Waals surface area contributed by atoms with Crippen LogP contribution < -0.4 is 5.32 Å². The van der Waals surface area contributed by atoms with E-state index in [9.17, 15) is 0 Å². The van der Waals surface area contributed by atoms with E-state index in [1.807, 2.05) is 0 Å². The molecule has 3 heteroatoms. The molecule has 3 nitrogen and oxygen atoms in total. The normalized spacial score (nSPS) is 44.2. The summed E-state index contributed by atoms with van der Waals surface area (Å²) >= 11 is 0. The van der Waals surface area contributed by atoms with Gasteiger partial charge < -0.3 is 9.47 Å². The Morgan fingerprint density at radius 2 is 2.13 bits per heavy atom. The van der Waals surface area contributed by atoms with Gasteiger partial charge in [0.05, 0.1) is 25.2 Å². The van der Waals surface area contributed by atoms with Crippen molar-refractivity contribution in [2.75, 3.05) is 26.4 Å². The van der Waals surface area contributed by atoms with Crippen molar-refractivity contribution in [1.82, 2.24) is 5.32 Å². The van der Waals surface area contributed by atoms with Crippen LogP contribution in [0.4, 0.5) is 0 Å². The van der Waals surface area contributed by atoms with E-state index < -0.39 is 0 Å². The lowest BCUT2D eigenvalue weighted by molar-refractivity contribution is -0.232. The van der Waals surface area contributed by atoms with Crippen LogP contribution in [0.2, 0.25) is 0 Å². The summed E-state index contributed by atoms with van der Waals surface area (Å²) < 4.78 is 11.4. The fourth-order valence-corrected chi connectivity index (χ4v) is 3.11. The van der Waals surface area contributed by atoms with Crippen LogP contribution in [-0.4, -0.2) is 32.1 Å². The molecular formula is C12H21NO2. The van der Waals surface area contributed by atoms with Crippen molar-refractivity contribution in [2.45, 2.75) is 38.3 Å². The third kappa shape index (κ3) is 1.71. The minimum atomic E-state index is 0.0124. The highest BCUT2D eigenvalue weighted by Crippen LogP contribution is 2.40. The Labute approximate surface area is 91.5 Å². The van der Waals surface area contributed by atoms with Crippen molar-refractivity contribution in [2.24, 2.45) is 11.3 Å². The highest BCUT2D eigenvalue weighted by Gasteiger charge is 2.48. The van der Waals surface area contributed by atoms with Gasteiger partial charge in [0.1, 0.15) is 5.72 Å². The Balaban J connectivity index is 1.64. The fourth-order valence-electron chi connectivity index (χ4n) is 3.11. The summed E-state index contributed by atoms with van der Waals surface area (Å²) in [5.41, 5.74) is 0.324. The van der Waals surface area contributed by atoms with Crippen molar-refractivity contribution >= 4 is 0 Å². The maximum Gasteiger partial charge on any atom is 0.119 e. The summed E-state index contributed by atoms with van der Waals surface area (Å²) in [6, 6.07) is 0. The molecule has 3 aliphatic rings. The maximum absolute atomic E-state index is 6.14. The van der Waals surface area contributed by atoms with Crippen LogP contribution in [-0.2, 0) is 9.47 Å². The average Bonchev–Trinajstić information content (AvgIpc) is 2.16. The van der Waals surface area contributed by atoms with Gasteiger partial charge in [-0.25, -0.2) is 0 Å². The monoisotopic (exact) mass is 211 g/mol. The molecule has 1 aliphatic carbocycles. The molecule has 2 unspecified atom stereocenters. The molecule has 86 valence electrons. The second kappa shape index (κ2) is 3.44. The van der Waals surface area contributed by atoms with E-state index in [-0.39, 0.29) is 5.72 Å². The van der Waals surface area contributed by atoms with Crippen molar-refractivity contribution in [3.63, 3.8) is 0 Å². The zero-order valence-corrected chi connectivity index (χ0v) is 9.55. The van der Waals surface area contributed by atoms with Crippen LogP contribution in [0.1, 0.15) is 32.6 Å². The van der Waals surface area contributed by atoms with Crippen LogP contribution in [0.3, 0.4) is 0 Å². The zero-order valence-electron chi connectivity index (χ0n) is 9.55. The van der Waals surface area contributed by atoms with Crippen molar-refractivity contribution in [1.29, 1.82) is 0 Å². The summed E-state index contributed by atoms with van der Waals surface area (Å²) in [5.74, 6) is 0.804. The van der Waals surface area contributed by atoms with Crippen molar-refractivity contribution in [3.05, 3.63) is 0 Å². The number of rotatable bonds is 0. The summed E-state index contributed by atoms with van der Waals surface area (Å²) in [4.78, 5) is 0. The Kier molecular flexibility index (Phi) is 2.31. The van der Waals surface area contributed by atoms with Gasteiger partial charge in [0.25, 0.3) is 0 Å². The molecular weight excluding hydrogens is 190 g/mol. The van der Waals surface area contributed by atoms with E-state index in [1.165, 1.54) is 25.7 Å². The van der Waals surface area contributed by atoms with Gasteiger partial charge in [-0.15, -0.1) is 0 Å². The highest BCUT2D eigenvalue weighted by molar-refractivity contribution is 4.97. The Hall–Kier alpha value is -0.120. The Morgan fingerprint density at radius 1 is 1.27 bits per heavy atom. The predicted molar refractivity (Wildman–Crippen MR) is 57.6 cm³/mol. The summed E-state index contributed by atoms with van der Waals surface area (Å²) in [6.45, 7) is 6.08. The number of ether oxygens (including phenoxy) is 2. The SMILES string of the molecule is CC1CCCC2(C1)NCC1(COC1)CO2. The first-order valence-corrected chi connectivity index (χ1v) is 6.19. The van der Waals surface area contributed by atoms with Crippen molar-refractivity contribution in [3.8, 4) is 0 Å². The molecule has 2 atom stereocenters. The standard InChI is InChI=1S/C12H21NO2/c1-10-3-2-4-12(5-10)13-6-11(9-15-12)7-14-8-11/h10,13H,2-9H2,1H3. The molecule has 2 aliphatic heterocycles. The van der Waals surface area contributed by atoms with Crippen LogP contribution >= 0.6 is 0 Å². The predicted octanol–water partition coefficient (Wildman–Crippen LogP) is 1.53. The lowest BCUT2D eigenvalue weighted by Gasteiger charge is -2.52. The molecule has 0 aromatic heterocycles. The first-order chi connectivity index (χ1) is 7.22. The highest BCUT2D eigenvalue weighted by atomic mass is 16.5. The number of hydrogen-bond acceptors (Lipinski definition) is 3. The lowest BCUT2D eigenvalue weighted by atomic mass is 9.79. The van der Waals surface area contributed by atoms with Gasteiger partial charge in [-0.1, -0.05) is 13.3 Å². The second-order valence-electron chi connectivity index (χ2n) is 5.83. The van der Waals surface area contributed by atoms with Gasteiger partial charge in [0.15, 0.2) is 0 Å². The van der Waals surface area contributed by atoms with E-state index in [4.69, 9.17) is 9.47 Å². The smallest absolute Gasteiger partial charge is 0.119 e. The largest absolute Gasteiger partial charge is 0.380 e. The fraction of sp³-hybridized carbons (Fsp3) is 1.00. The third-order valence-corrected chi connectivity index (χ3v) is 4.21. The Morgan fingerprint density at radius 3 is 2.67 bits per heavy atom. The van der Waals surface area contributed by atoms with Gasteiger partial charge in [-0.3, -0.25) is 5.32 Å². The summed E-state index contributed by atoms with van der Waals surface area (Å²) in [6.07, 6.45) is 5.04. The maximum atomic E-state index is 6.14. The number of nitrogens with one attached hydrogen (secondary N) is 1. The van der Waals surface area contributed by atoms with Crippen LogP contribution in [0, 0.1) is 11.3 Å². The average molecular weight is 211 g/mol. The van der Waals surface area contributed by atoms with E-state index >= 15 is 0 Å². The van der Waals surface area contributed by atoms with Crippen LogP contribution in [0.15, 0.2) is 0 Å². The molecule has 2 heterocycles. The first-order valence-electron chi connectivity index (χ1n) is 6.19. The molecule has 3 fully saturated rings. The molecule has 2 saturated heterocycles. The van der Waals surface area contributed by atoms with Gasteiger partial charge in [-0.2, -0.15) is 0 Å². The second-order valence-corrected chi connectivity index (χ2v) is 5.83.